The lowest BCUT2D eigenvalue weighted by Gasteiger charge is -2.05. The van der Waals surface area contributed by atoms with Crippen molar-refractivity contribution in [3.8, 4) is 0 Å². The number of nitrogens with zero attached hydrogens (tertiary/aromatic N) is 2. The summed E-state index contributed by atoms with van der Waals surface area (Å²) in [6.45, 7) is -0.0456. The van der Waals surface area contributed by atoms with Crippen molar-refractivity contribution in [3.05, 3.63) is 53.4 Å². The molecule has 0 amide bonds. The average molecular weight is 287 g/mol. The van der Waals surface area contributed by atoms with Crippen molar-refractivity contribution in [2.24, 2.45) is 0 Å². The van der Waals surface area contributed by atoms with Crippen LogP contribution in [-0.2, 0) is 19.6 Å². The number of rotatable bonds is 6. The van der Waals surface area contributed by atoms with Gasteiger partial charge in [0, 0.05) is 24.8 Å². The van der Waals surface area contributed by atoms with Crippen LogP contribution in [0.2, 0.25) is 0 Å². The normalized spacial score (nSPS) is 11.2. The lowest BCUT2D eigenvalue weighted by molar-refractivity contribution is 0.121. The Morgan fingerprint density at radius 1 is 1.15 bits per heavy atom. The molecule has 0 unspecified atom stereocenters. The molecule has 20 heavy (non-hydrogen) atoms. The molecule has 0 saturated carbocycles. The maximum absolute atomic E-state index is 13.4. The van der Waals surface area contributed by atoms with Crippen molar-refractivity contribution < 1.29 is 17.6 Å². The first-order valence-electron chi connectivity index (χ1n) is 6.00. The van der Waals surface area contributed by atoms with E-state index in [1.165, 1.54) is 18.3 Å². The Bertz CT molecular complexity index is 568. The molecule has 0 radical (unpaired) electrons. The Hall–Kier alpha value is -1.89. The van der Waals surface area contributed by atoms with E-state index in [1.807, 2.05) is 0 Å². The van der Waals surface area contributed by atoms with Crippen molar-refractivity contribution in [3.63, 3.8) is 0 Å². The molecule has 0 aliphatic carbocycles. The minimum atomic E-state index is -2.46. The van der Waals surface area contributed by atoms with E-state index in [0.717, 1.165) is 10.7 Å². The average Bonchev–Trinajstić information content (AvgIpc) is 2.81. The van der Waals surface area contributed by atoms with Gasteiger partial charge < -0.3 is 5.32 Å². The first-order chi connectivity index (χ1) is 9.56. The molecule has 0 bridgehead atoms. The molecule has 0 aliphatic rings. The van der Waals surface area contributed by atoms with Crippen LogP contribution < -0.4 is 5.32 Å². The van der Waals surface area contributed by atoms with Crippen LogP contribution in [0.15, 0.2) is 30.5 Å². The third kappa shape index (κ3) is 3.80. The molecule has 1 aromatic carbocycles. The summed E-state index contributed by atoms with van der Waals surface area (Å²) in [5.41, 5.74) is 0.763. The molecule has 0 fully saturated rings. The van der Waals surface area contributed by atoms with Gasteiger partial charge in [-0.1, -0.05) is 12.1 Å². The van der Waals surface area contributed by atoms with Crippen molar-refractivity contribution in [2.75, 3.05) is 0 Å². The SMILES string of the molecule is Fc1cccc(CNCc2ccn(CC(F)F)n2)c1F. The van der Waals surface area contributed by atoms with Crippen LogP contribution >= 0.6 is 0 Å². The van der Waals surface area contributed by atoms with Crippen molar-refractivity contribution in [2.45, 2.75) is 26.1 Å². The van der Waals surface area contributed by atoms with Gasteiger partial charge in [-0.2, -0.15) is 5.10 Å². The van der Waals surface area contributed by atoms with Crippen molar-refractivity contribution in [1.82, 2.24) is 15.1 Å². The van der Waals surface area contributed by atoms with Crippen LogP contribution in [-0.4, -0.2) is 16.2 Å². The molecule has 0 spiro atoms. The Labute approximate surface area is 113 Å². The zero-order chi connectivity index (χ0) is 14.5. The second kappa shape index (κ2) is 6.51. The lowest BCUT2D eigenvalue weighted by atomic mass is 10.2. The summed E-state index contributed by atoms with van der Waals surface area (Å²) in [4.78, 5) is 0. The number of nitrogens with one attached hydrogen (secondary N) is 1. The van der Waals surface area contributed by atoms with Gasteiger partial charge in [0.05, 0.1) is 5.69 Å². The van der Waals surface area contributed by atoms with Gasteiger partial charge in [0.2, 0.25) is 0 Å². The summed E-state index contributed by atoms with van der Waals surface area (Å²) in [5, 5.41) is 6.81. The molecule has 1 aromatic heterocycles. The Kier molecular flexibility index (Phi) is 4.73. The van der Waals surface area contributed by atoms with Gasteiger partial charge in [0.1, 0.15) is 6.54 Å². The Morgan fingerprint density at radius 3 is 2.70 bits per heavy atom. The summed E-state index contributed by atoms with van der Waals surface area (Å²) in [7, 11) is 0. The van der Waals surface area contributed by atoms with E-state index >= 15 is 0 Å². The van der Waals surface area contributed by atoms with Gasteiger partial charge in [0.25, 0.3) is 6.43 Å². The monoisotopic (exact) mass is 287 g/mol. The van der Waals surface area contributed by atoms with E-state index in [0.29, 0.717) is 5.69 Å². The summed E-state index contributed by atoms with van der Waals surface area (Å²) < 4.78 is 51.7. The summed E-state index contributed by atoms with van der Waals surface area (Å²) in [6.07, 6.45) is -1.01. The minimum absolute atomic E-state index is 0.130. The Morgan fingerprint density at radius 2 is 1.95 bits per heavy atom. The molecular weight excluding hydrogens is 274 g/mol. The quantitative estimate of drug-likeness (QED) is 0.828. The molecule has 1 N–H and O–H groups in total. The van der Waals surface area contributed by atoms with E-state index in [9.17, 15) is 17.6 Å². The highest BCUT2D eigenvalue weighted by Gasteiger charge is 2.08. The molecule has 7 heteroatoms. The third-order valence-corrected chi connectivity index (χ3v) is 2.67. The number of halogens is 4. The van der Waals surface area contributed by atoms with Crippen LogP contribution in [0.4, 0.5) is 17.6 Å². The first kappa shape index (κ1) is 14.5. The largest absolute Gasteiger partial charge is 0.307 e. The summed E-state index contributed by atoms with van der Waals surface area (Å²) >= 11 is 0. The van der Waals surface area contributed by atoms with Gasteiger partial charge in [-0.05, 0) is 12.1 Å². The van der Waals surface area contributed by atoms with Crippen LogP contribution in [0, 0.1) is 11.6 Å². The smallest absolute Gasteiger partial charge is 0.257 e. The number of hydrogen-bond acceptors (Lipinski definition) is 2. The lowest BCUT2D eigenvalue weighted by Crippen LogP contribution is -2.15. The molecular formula is C13H13F4N3. The number of benzene rings is 1. The van der Waals surface area contributed by atoms with Crippen molar-refractivity contribution in [1.29, 1.82) is 0 Å². The molecule has 3 nitrogen and oxygen atoms in total. The fraction of sp³-hybridized carbons (Fsp3) is 0.308. The van der Waals surface area contributed by atoms with Crippen molar-refractivity contribution >= 4 is 0 Å². The van der Waals surface area contributed by atoms with Gasteiger partial charge >= 0.3 is 0 Å². The first-order valence-corrected chi connectivity index (χ1v) is 6.00. The second-order valence-corrected chi connectivity index (χ2v) is 4.24. The molecule has 0 atom stereocenters. The maximum Gasteiger partial charge on any atom is 0.257 e. The van der Waals surface area contributed by atoms with E-state index in [-0.39, 0.29) is 18.7 Å². The standard InChI is InChI=1S/C13H13F4N3/c14-11-3-1-2-9(13(11)17)6-18-7-10-4-5-20(19-10)8-12(15)16/h1-5,12,18H,6-8H2. The van der Waals surface area contributed by atoms with E-state index < -0.39 is 24.6 Å². The fourth-order valence-corrected chi connectivity index (χ4v) is 1.75. The minimum Gasteiger partial charge on any atom is -0.307 e. The van der Waals surface area contributed by atoms with Gasteiger partial charge in [-0.25, -0.2) is 17.6 Å². The Balaban J connectivity index is 1.86. The van der Waals surface area contributed by atoms with E-state index in [4.69, 9.17) is 0 Å². The predicted molar refractivity (Wildman–Crippen MR) is 65.1 cm³/mol. The van der Waals surface area contributed by atoms with Gasteiger partial charge in [-0.15, -0.1) is 0 Å². The third-order valence-electron chi connectivity index (χ3n) is 2.67. The highest BCUT2D eigenvalue weighted by molar-refractivity contribution is 5.18. The molecule has 2 aromatic rings. The summed E-state index contributed by atoms with van der Waals surface area (Å²) in [5.74, 6) is -1.78. The maximum atomic E-state index is 13.4. The molecule has 108 valence electrons. The van der Waals surface area contributed by atoms with Gasteiger partial charge in [0.15, 0.2) is 11.6 Å². The van der Waals surface area contributed by atoms with Crippen LogP contribution in [0.3, 0.4) is 0 Å². The van der Waals surface area contributed by atoms with Gasteiger partial charge in [-0.3, -0.25) is 4.68 Å². The predicted octanol–water partition coefficient (Wildman–Crippen LogP) is 2.72. The molecule has 1 heterocycles. The highest BCUT2D eigenvalue weighted by Crippen LogP contribution is 2.11. The topological polar surface area (TPSA) is 29.9 Å². The fourth-order valence-electron chi connectivity index (χ4n) is 1.75. The van der Waals surface area contributed by atoms with Crippen LogP contribution in [0.25, 0.3) is 0 Å². The number of hydrogen-bond donors (Lipinski definition) is 1. The highest BCUT2D eigenvalue weighted by atomic mass is 19.3. The molecule has 0 aliphatic heterocycles. The number of alkyl halides is 2. The zero-order valence-corrected chi connectivity index (χ0v) is 10.5. The van der Waals surface area contributed by atoms with Crippen LogP contribution in [0.1, 0.15) is 11.3 Å². The van der Waals surface area contributed by atoms with E-state index in [1.54, 1.807) is 6.07 Å². The number of aromatic nitrogens is 2. The molecule has 2 rings (SSSR count). The zero-order valence-electron chi connectivity index (χ0n) is 10.5. The second-order valence-electron chi connectivity index (χ2n) is 4.24. The summed E-state index contributed by atoms with van der Waals surface area (Å²) in [6, 6.07) is 5.54. The van der Waals surface area contributed by atoms with Crippen LogP contribution in [0.5, 0.6) is 0 Å². The van der Waals surface area contributed by atoms with E-state index in [2.05, 4.69) is 10.4 Å². The molecule has 0 saturated heterocycles.